The Bertz CT molecular complexity index is 464. The van der Waals surface area contributed by atoms with Crippen LogP contribution in [-0.4, -0.2) is 59.1 Å². The van der Waals surface area contributed by atoms with E-state index in [1.807, 2.05) is 35.2 Å². The first-order valence-corrected chi connectivity index (χ1v) is 7.50. The van der Waals surface area contributed by atoms with Gasteiger partial charge in [0.2, 0.25) is 5.91 Å². The van der Waals surface area contributed by atoms with E-state index in [2.05, 4.69) is 11.8 Å². The molecule has 0 aliphatic carbocycles. The molecule has 1 aliphatic rings. The van der Waals surface area contributed by atoms with Gasteiger partial charge >= 0.3 is 0 Å². The van der Waals surface area contributed by atoms with Crippen LogP contribution < -0.4 is 5.73 Å². The van der Waals surface area contributed by atoms with E-state index in [1.165, 1.54) is 0 Å². The first-order valence-electron chi connectivity index (χ1n) is 7.50. The van der Waals surface area contributed by atoms with Crippen LogP contribution >= 0.6 is 0 Å². The number of hydrogen-bond donors (Lipinski definition) is 2. The van der Waals surface area contributed by atoms with Crippen molar-refractivity contribution in [3.05, 3.63) is 35.9 Å². The monoisotopic (exact) mass is 291 g/mol. The van der Waals surface area contributed by atoms with Crippen molar-refractivity contribution in [2.75, 3.05) is 26.2 Å². The number of aliphatic hydroxyl groups is 1. The first-order chi connectivity index (χ1) is 9.99. The van der Waals surface area contributed by atoms with Crippen LogP contribution in [0.1, 0.15) is 25.5 Å². The molecule has 5 nitrogen and oxygen atoms in total. The smallest absolute Gasteiger partial charge is 0.244 e. The lowest BCUT2D eigenvalue weighted by Crippen LogP contribution is -2.56. The minimum Gasteiger partial charge on any atom is -0.392 e. The molecule has 3 N–H and O–H groups in total. The molecule has 1 heterocycles. The average molecular weight is 291 g/mol. The molecule has 21 heavy (non-hydrogen) atoms. The molecule has 3 unspecified atom stereocenters. The topological polar surface area (TPSA) is 69.8 Å². The maximum Gasteiger partial charge on any atom is 0.244 e. The zero-order valence-corrected chi connectivity index (χ0v) is 12.8. The van der Waals surface area contributed by atoms with E-state index >= 15 is 0 Å². The van der Waals surface area contributed by atoms with E-state index in [0.717, 1.165) is 12.1 Å². The molecule has 3 atom stereocenters. The number of β-amino-alcohol motifs (C(OH)–C–C–N with tert-alkyl or cyclic N) is 1. The van der Waals surface area contributed by atoms with Gasteiger partial charge in [-0.2, -0.15) is 0 Å². The number of benzene rings is 1. The highest BCUT2D eigenvalue weighted by atomic mass is 16.3. The number of carbonyl (C=O) groups is 1. The summed E-state index contributed by atoms with van der Waals surface area (Å²) >= 11 is 0. The molecule has 5 heteroatoms. The Morgan fingerprint density at radius 3 is 2.62 bits per heavy atom. The lowest BCUT2D eigenvalue weighted by molar-refractivity contribution is -0.135. The van der Waals surface area contributed by atoms with Crippen molar-refractivity contribution in [3.63, 3.8) is 0 Å². The maximum absolute atomic E-state index is 12.5. The minimum absolute atomic E-state index is 0.0234. The number of nitrogens with zero attached hydrogens (tertiary/aromatic N) is 2. The highest BCUT2D eigenvalue weighted by Crippen LogP contribution is 2.17. The summed E-state index contributed by atoms with van der Waals surface area (Å²) in [6, 6.07) is 9.11. The van der Waals surface area contributed by atoms with Crippen LogP contribution in [0.5, 0.6) is 0 Å². The van der Waals surface area contributed by atoms with Gasteiger partial charge in [0.25, 0.3) is 0 Å². The molecule has 116 valence electrons. The predicted molar refractivity (Wildman–Crippen MR) is 82.7 cm³/mol. The molecule has 0 bridgehead atoms. The highest BCUT2D eigenvalue weighted by Gasteiger charge is 2.30. The van der Waals surface area contributed by atoms with Crippen LogP contribution in [0.2, 0.25) is 0 Å². The molecule has 1 amide bonds. The summed E-state index contributed by atoms with van der Waals surface area (Å²) in [5, 5.41) is 9.49. The number of carbonyl (C=O) groups excluding carboxylic acids is 1. The van der Waals surface area contributed by atoms with Gasteiger partial charge in [0.15, 0.2) is 0 Å². The fraction of sp³-hybridized carbons (Fsp3) is 0.562. The predicted octanol–water partition coefficient (Wildman–Crippen LogP) is 0.600. The zero-order chi connectivity index (χ0) is 15.4. The number of aliphatic hydroxyl groups excluding tert-OH is 1. The average Bonchev–Trinajstić information content (AvgIpc) is 2.48. The van der Waals surface area contributed by atoms with Gasteiger partial charge in [0.05, 0.1) is 6.10 Å². The van der Waals surface area contributed by atoms with E-state index in [-0.39, 0.29) is 18.1 Å². The zero-order valence-electron chi connectivity index (χ0n) is 12.8. The fourth-order valence-corrected chi connectivity index (χ4v) is 2.81. The van der Waals surface area contributed by atoms with Crippen molar-refractivity contribution >= 4 is 5.91 Å². The molecule has 1 aromatic rings. The second-order valence-corrected chi connectivity index (χ2v) is 5.87. The second-order valence-electron chi connectivity index (χ2n) is 5.87. The molecular formula is C16H25N3O2. The number of piperazine rings is 1. The van der Waals surface area contributed by atoms with Crippen LogP contribution in [0.3, 0.4) is 0 Å². The van der Waals surface area contributed by atoms with Gasteiger partial charge in [0, 0.05) is 32.2 Å². The van der Waals surface area contributed by atoms with Crippen molar-refractivity contribution < 1.29 is 9.90 Å². The standard InChI is InChI=1S/C16H25N3O2/c1-12-10-19(9-8-18(12)11-13(2)20)16(21)15(17)14-6-4-3-5-7-14/h3-7,12-13,15,20H,8-11,17H2,1-2H3. The summed E-state index contributed by atoms with van der Waals surface area (Å²) in [6.45, 7) is 6.61. The number of rotatable bonds is 4. The second kappa shape index (κ2) is 7.02. The van der Waals surface area contributed by atoms with Gasteiger partial charge in [0.1, 0.15) is 6.04 Å². The van der Waals surface area contributed by atoms with E-state index < -0.39 is 6.04 Å². The van der Waals surface area contributed by atoms with Gasteiger partial charge in [-0.25, -0.2) is 0 Å². The van der Waals surface area contributed by atoms with E-state index in [9.17, 15) is 9.90 Å². The van der Waals surface area contributed by atoms with Crippen LogP contribution in [0.15, 0.2) is 30.3 Å². The van der Waals surface area contributed by atoms with E-state index in [0.29, 0.717) is 19.6 Å². The minimum atomic E-state index is -0.596. The van der Waals surface area contributed by atoms with Gasteiger partial charge < -0.3 is 15.7 Å². The molecule has 0 radical (unpaired) electrons. The third kappa shape index (κ3) is 4.03. The molecule has 1 fully saturated rings. The quantitative estimate of drug-likeness (QED) is 0.852. The van der Waals surface area contributed by atoms with Crippen molar-refractivity contribution in [1.82, 2.24) is 9.80 Å². The normalized spacial score (nSPS) is 22.9. The van der Waals surface area contributed by atoms with Gasteiger partial charge in [-0.1, -0.05) is 30.3 Å². The lowest BCUT2D eigenvalue weighted by atomic mass is 10.1. The maximum atomic E-state index is 12.5. The van der Waals surface area contributed by atoms with Crippen LogP contribution in [0.4, 0.5) is 0 Å². The SMILES string of the molecule is CC(O)CN1CCN(C(=O)C(N)c2ccccc2)CC1C. The molecule has 0 spiro atoms. The van der Waals surface area contributed by atoms with E-state index in [1.54, 1.807) is 6.92 Å². The van der Waals surface area contributed by atoms with Crippen molar-refractivity contribution in [2.45, 2.75) is 32.0 Å². The van der Waals surface area contributed by atoms with Gasteiger partial charge in [-0.3, -0.25) is 9.69 Å². The summed E-state index contributed by atoms with van der Waals surface area (Å²) in [4.78, 5) is 16.6. The van der Waals surface area contributed by atoms with Crippen molar-refractivity contribution in [2.24, 2.45) is 5.73 Å². The molecule has 1 saturated heterocycles. The Balaban J connectivity index is 1.96. The summed E-state index contributed by atoms with van der Waals surface area (Å²) in [5.74, 6) is -0.0234. The molecule has 2 rings (SSSR count). The molecular weight excluding hydrogens is 266 g/mol. The Labute approximate surface area is 126 Å². The summed E-state index contributed by atoms with van der Waals surface area (Å²) in [5.41, 5.74) is 6.93. The third-order valence-electron chi connectivity index (χ3n) is 4.00. The summed E-state index contributed by atoms with van der Waals surface area (Å²) in [7, 11) is 0. The number of amides is 1. The van der Waals surface area contributed by atoms with Gasteiger partial charge in [-0.15, -0.1) is 0 Å². The van der Waals surface area contributed by atoms with E-state index in [4.69, 9.17) is 5.73 Å². The molecule has 1 aromatic carbocycles. The van der Waals surface area contributed by atoms with Gasteiger partial charge in [-0.05, 0) is 19.4 Å². The Morgan fingerprint density at radius 1 is 1.38 bits per heavy atom. The Morgan fingerprint density at radius 2 is 2.05 bits per heavy atom. The largest absolute Gasteiger partial charge is 0.392 e. The van der Waals surface area contributed by atoms with Crippen molar-refractivity contribution in [1.29, 1.82) is 0 Å². The Kier molecular flexibility index (Phi) is 5.33. The lowest BCUT2D eigenvalue weighted by Gasteiger charge is -2.41. The summed E-state index contributed by atoms with van der Waals surface area (Å²) < 4.78 is 0. The first kappa shape index (κ1) is 15.9. The fourth-order valence-electron chi connectivity index (χ4n) is 2.81. The number of hydrogen-bond acceptors (Lipinski definition) is 4. The third-order valence-corrected chi connectivity index (χ3v) is 4.00. The Hall–Kier alpha value is -1.43. The summed E-state index contributed by atoms with van der Waals surface area (Å²) in [6.07, 6.45) is -0.346. The number of nitrogens with two attached hydrogens (primary N) is 1. The van der Waals surface area contributed by atoms with Crippen LogP contribution in [0, 0.1) is 0 Å². The molecule has 1 aliphatic heterocycles. The molecule has 0 saturated carbocycles. The van der Waals surface area contributed by atoms with Crippen LogP contribution in [-0.2, 0) is 4.79 Å². The van der Waals surface area contributed by atoms with Crippen LogP contribution in [0.25, 0.3) is 0 Å². The van der Waals surface area contributed by atoms with Crippen molar-refractivity contribution in [3.8, 4) is 0 Å². The molecule has 0 aromatic heterocycles. The highest BCUT2D eigenvalue weighted by molar-refractivity contribution is 5.83.